The highest BCUT2D eigenvalue weighted by atomic mass is 16.2. The number of benzene rings is 1. The second-order valence-electron chi connectivity index (χ2n) is 8.18. The van der Waals surface area contributed by atoms with E-state index in [1.54, 1.807) is 0 Å². The molecule has 0 spiro atoms. The maximum Gasteiger partial charge on any atom is 0.319 e. The number of urea groups is 1. The number of aryl methyl sites for hydroxylation is 1. The number of carbonyl (C=O) groups is 1. The van der Waals surface area contributed by atoms with Gasteiger partial charge in [-0.1, -0.05) is 94.6 Å². The molecule has 0 aromatic heterocycles. The molecule has 0 aliphatic rings. The highest BCUT2D eigenvalue weighted by Gasteiger charge is 2.00. The molecule has 3 nitrogen and oxygen atoms in total. The molecule has 0 fully saturated rings. The molecule has 3 heteroatoms. The monoisotopic (exact) mass is 400 g/mol. The predicted octanol–water partition coefficient (Wildman–Crippen LogP) is 8.15. The van der Waals surface area contributed by atoms with Crippen LogP contribution in [-0.2, 0) is 0 Å². The number of hydrogen-bond acceptors (Lipinski definition) is 1. The van der Waals surface area contributed by atoms with Crippen molar-refractivity contribution in [3.63, 3.8) is 0 Å². The van der Waals surface area contributed by atoms with Crippen LogP contribution in [-0.4, -0.2) is 12.6 Å². The third-order valence-electron chi connectivity index (χ3n) is 5.28. The van der Waals surface area contributed by atoms with E-state index in [1.807, 2.05) is 31.2 Å². The van der Waals surface area contributed by atoms with Crippen LogP contribution < -0.4 is 10.6 Å². The standard InChI is InChI=1S/C26H44N2O/c1-3-4-5-6-7-8-9-10-11-12-13-14-15-16-17-18-23-27-26(29)28-25-21-19-24(2)20-22-25/h10-11,19-22H,3-9,12-18,23H2,1-2H3,(H2,27,28,29)/b11-10-. The Morgan fingerprint density at radius 3 is 1.86 bits per heavy atom. The topological polar surface area (TPSA) is 41.1 Å². The normalized spacial score (nSPS) is 11.1. The van der Waals surface area contributed by atoms with Crippen LogP contribution >= 0.6 is 0 Å². The SMILES string of the molecule is CCCCCCCC/C=C\CCCCCCCCNC(=O)Nc1ccc(C)cc1. The van der Waals surface area contributed by atoms with Crippen LogP contribution in [0, 0.1) is 6.92 Å². The first kappa shape index (κ1) is 25.3. The Morgan fingerprint density at radius 2 is 1.28 bits per heavy atom. The minimum Gasteiger partial charge on any atom is -0.338 e. The van der Waals surface area contributed by atoms with E-state index in [2.05, 4.69) is 29.7 Å². The van der Waals surface area contributed by atoms with Gasteiger partial charge in [-0.3, -0.25) is 0 Å². The highest BCUT2D eigenvalue weighted by Crippen LogP contribution is 2.10. The van der Waals surface area contributed by atoms with Gasteiger partial charge in [0.2, 0.25) is 0 Å². The van der Waals surface area contributed by atoms with E-state index in [4.69, 9.17) is 0 Å². The third-order valence-corrected chi connectivity index (χ3v) is 5.28. The van der Waals surface area contributed by atoms with E-state index in [0.29, 0.717) is 0 Å². The zero-order chi connectivity index (χ0) is 21.0. The molecule has 0 atom stereocenters. The molecule has 0 aliphatic carbocycles. The van der Waals surface area contributed by atoms with E-state index in [9.17, 15) is 4.79 Å². The fourth-order valence-corrected chi connectivity index (χ4v) is 3.39. The number of carbonyl (C=O) groups excluding carboxylic acids is 1. The molecular formula is C26H44N2O. The summed E-state index contributed by atoms with van der Waals surface area (Å²) < 4.78 is 0. The zero-order valence-corrected chi connectivity index (χ0v) is 19.0. The van der Waals surface area contributed by atoms with Crippen molar-refractivity contribution in [1.82, 2.24) is 5.32 Å². The van der Waals surface area contributed by atoms with Gasteiger partial charge in [-0.15, -0.1) is 0 Å². The van der Waals surface area contributed by atoms with Crippen molar-refractivity contribution >= 4 is 11.7 Å². The van der Waals surface area contributed by atoms with Crippen LogP contribution in [0.1, 0.15) is 102 Å². The molecule has 0 radical (unpaired) electrons. The van der Waals surface area contributed by atoms with Gasteiger partial charge >= 0.3 is 6.03 Å². The Morgan fingerprint density at radius 1 is 0.759 bits per heavy atom. The molecule has 2 N–H and O–H groups in total. The molecule has 2 amide bonds. The number of allylic oxidation sites excluding steroid dienone is 2. The van der Waals surface area contributed by atoms with Crippen molar-refractivity contribution in [2.45, 2.75) is 104 Å². The second-order valence-corrected chi connectivity index (χ2v) is 8.18. The van der Waals surface area contributed by atoms with Gasteiger partial charge in [0.15, 0.2) is 0 Å². The van der Waals surface area contributed by atoms with Crippen LogP contribution in [0.15, 0.2) is 36.4 Å². The summed E-state index contributed by atoms with van der Waals surface area (Å²) in [4.78, 5) is 11.8. The molecule has 0 bridgehead atoms. The minimum atomic E-state index is -0.110. The Labute approximate surface area is 179 Å². The summed E-state index contributed by atoms with van der Waals surface area (Å²) >= 11 is 0. The highest BCUT2D eigenvalue weighted by molar-refractivity contribution is 5.89. The molecule has 164 valence electrons. The number of hydrogen-bond donors (Lipinski definition) is 2. The molecular weight excluding hydrogens is 356 g/mol. The van der Waals surface area contributed by atoms with Crippen molar-refractivity contribution in [2.75, 3.05) is 11.9 Å². The summed E-state index contributed by atoms with van der Waals surface area (Å²) in [5.74, 6) is 0. The van der Waals surface area contributed by atoms with E-state index in [0.717, 1.165) is 18.7 Å². The fourth-order valence-electron chi connectivity index (χ4n) is 3.39. The third kappa shape index (κ3) is 15.8. The van der Waals surface area contributed by atoms with E-state index in [-0.39, 0.29) is 6.03 Å². The van der Waals surface area contributed by atoms with Crippen LogP contribution in [0.25, 0.3) is 0 Å². The van der Waals surface area contributed by atoms with Crippen molar-refractivity contribution in [1.29, 1.82) is 0 Å². The lowest BCUT2D eigenvalue weighted by molar-refractivity contribution is 0.252. The molecule has 29 heavy (non-hydrogen) atoms. The number of anilines is 1. The molecule has 1 aromatic rings. The number of rotatable bonds is 17. The molecule has 1 aromatic carbocycles. The summed E-state index contributed by atoms with van der Waals surface area (Å²) in [6, 6.07) is 7.75. The maximum atomic E-state index is 11.8. The fraction of sp³-hybridized carbons (Fsp3) is 0.654. The Balaban J connectivity index is 1.82. The molecule has 0 aliphatic heterocycles. The Kier molecular flexibility index (Phi) is 15.9. The lowest BCUT2D eigenvalue weighted by Gasteiger charge is -2.07. The van der Waals surface area contributed by atoms with Gasteiger partial charge in [-0.25, -0.2) is 4.79 Å². The minimum absolute atomic E-state index is 0.110. The Hall–Kier alpha value is -1.77. The summed E-state index contributed by atoms with van der Waals surface area (Å²) in [7, 11) is 0. The number of amides is 2. The lowest BCUT2D eigenvalue weighted by Crippen LogP contribution is -2.29. The summed E-state index contributed by atoms with van der Waals surface area (Å²) in [5.41, 5.74) is 2.04. The average molecular weight is 401 g/mol. The van der Waals surface area contributed by atoms with Crippen molar-refractivity contribution in [3.8, 4) is 0 Å². The molecule has 0 heterocycles. The smallest absolute Gasteiger partial charge is 0.319 e. The first-order chi connectivity index (χ1) is 14.2. The summed E-state index contributed by atoms with van der Waals surface area (Å²) in [5, 5.41) is 5.80. The average Bonchev–Trinajstić information content (AvgIpc) is 2.72. The molecule has 0 saturated heterocycles. The van der Waals surface area contributed by atoms with Crippen LogP contribution in [0.2, 0.25) is 0 Å². The van der Waals surface area contributed by atoms with E-state index < -0.39 is 0 Å². The molecule has 0 unspecified atom stereocenters. The second kappa shape index (κ2) is 18.3. The van der Waals surface area contributed by atoms with Gasteiger partial charge in [-0.05, 0) is 51.2 Å². The van der Waals surface area contributed by atoms with Crippen molar-refractivity contribution in [3.05, 3.63) is 42.0 Å². The maximum absolute atomic E-state index is 11.8. The molecule has 1 rings (SSSR count). The number of unbranched alkanes of at least 4 members (excludes halogenated alkanes) is 12. The van der Waals surface area contributed by atoms with Gasteiger partial charge in [0.05, 0.1) is 0 Å². The first-order valence-electron chi connectivity index (χ1n) is 12.0. The summed E-state index contributed by atoms with van der Waals surface area (Å²) in [6.07, 6.45) is 23.0. The van der Waals surface area contributed by atoms with Crippen LogP contribution in [0.3, 0.4) is 0 Å². The van der Waals surface area contributed by atoms with Gasteiger partial charge in [0.1, 0.15) is 0 Å². The van der Waals surface area contributed by atoms with Crippen LogP contribution in [0.4, 0.5) is 10.5 Å². The predicted molar refractivity (Wildman–Crippen MR) is 128 cm³/mol. The van der Waals surface area contributed by atoms with E-state index in [1.165, 1.54) is 89.0 Å². The van der Waals surface area contributed by atoms with Gasteiger partial charge in [0.25, 0.3) is 0 Å². The number of nitrogens with one attached hydrogen (secondary N) is 2. The van der Waals surface area contributed by atoms with Crippen molar-refractivity contribution < 1.29 is 4.79 Å². The Bertz CT molecular complexity index is 536. The zero-order valence-electron chi connectivity index (χ0n) is 19.0. The largest absolute Gasteiger partial charge is 0.338 e. The van der Waals surface area contributed by atoms with Gasteiger partial charge in [0, 0.05) is 12.2 Å². The lowest BCUT2D eigenvalue weighted by atomic mass is 10.1. The van der Waals surface area contributed by atoms with Crippen LogP contribution in [0.5, 0.6) is 0 Å². The first-order valence-corrected chi connectivity index (χ1v) is 12.0. The molecule has 0 saturated carbocycles. The van der Waals surface area contributed by atoms with Gasteiger partial charge < -0.3 is 10.6 Å². The quantitative estimate of drug-likeness (QED) is 0.201. The van der Waals surface area contributed by atoms with E-state index >= 15 is 0 Å². The van der Waals surface area contributed by atoms with Gasteiger partial charge in [-0.2, -0.15) is 0 Å². The summed E-state index contributed by atoms with van der Waals surface area (Å²) in [6.45, 7) is 5.06. The van der Waals surface area contributed by atoms with Crippen molar-refractivity contribution in [2.24, 2.45) is 0 Å².